The zero-order valence-electron chi connectivity index (χ0n) is 10.5. The van der Waals surface area contributed by atoms with Crippen LogP contribution >= 0.6 is 0 Å². The van der Waals surface area contributed by atoms with Crippen molar-refractivity contribution in [3.05, 3.63) is 33.9 Å². The lowest BCUT2D eigenvalue weighted by Crippen LogP contribution is -2.23. The Labute approximate surface area is 106 Å². The van der Waals surface area contributed by atoms with Gasteiger partial charge in [-0.1, -0.05) is 6.08 Å². The summed E-state index contributed by atoms with van der Waals surface area (Å²) in [6.07, 6.45) is 3.71. The third-order valence-electron chi connectivity index (χ3n) is 3.04. The van der Waals surface area contributed by atoms with Crippen molar-refractivity contribution < 1.29 is 9.66 Å². The molecule has 0 aliphatic carbocycles. The summed E-state index contributed by atoms with van der Waals surface area (Å²) >= 11 is 0. The monoisotopic (exact) mass is 248 g/mol. The Morgan fingerprint density at radius 3 is 2.72 bits per heavy atom. The van der Waals surface area contributed by atoms with Crippen molar-refractivity contribution >= 4 is 17.5 Å². The number of fused-ring (bicyclic) bond motifs is 1. The topological polar surface area (TPSA) is 55.6 Å². The molecule has 0 saturated heterocycles. The van der Waals surface area contributed by atoms with Gasteiger partial charge < -0.3 is 9.64 Å². The number of nitro groups is 1. The highest BCUT2D eigenvalue weighted by molar-refractivity contribution is 5.73. The third kappa shape index (κ3) is 2.16. The zero-order chi connectivity index (χ0) is 13.1. The summed E-state index contributed by atoms with van der Waals surface area (Å²) in [6, 6.07) is 3.35. The Hall–Kier alpha value is -2.04. The predicted molar refractivity (Wildman–Crippen MR) is 71.2 cm³/mol. The minimum absolute atomic E-state index is 0.132. The van der Waals surface area contributed by atoms with Crippen molar-refractivity contribution in [3.63, 3.8) is 0 Å². The van der Waals surface area contributed by atoms with Crippen LogP contribution in [0.4, 0.5) is 11.4 Å². The van der Waals surface area contributed by atoms with Crippen molar-refractivity contribution in [2.45, 2.75) is 13.8 Å². The molecular weight excluding hydrogens is 232 g/mol. The maximum atomic E-state index is 11.2. The lowest BCUT2D eigenvalue weighted by atomic mass is 10.1. The third-order valence-corrected chi connectivity index (χ3v) is 3.04. The van der Waals surface area contributed by atoms with Crippen LogP contribution in [-0.2, 0) is 0 Å². The number of anilines is 1. The van der Waals surface area contributed by atoms with Gasteiger partial charge in [0.2, 0.25) is 0 Å². The van der Waals surface area contributed by atoms with Gasteiger partial charge in [0.15, 0.2) is 0 Å². The number of nitrogens with zero attached hydrogens (tertiary/aromatic N) is 2. The van der Waals surface area contributed by atoms with Gasteiger partial charge in [-0.3, -0.25) is 10.1 Å². The molecule has 0 unspecified atom stereocenters. The van der Waals surface area contributed by atoms with E-state index < -0.39 is 0 Å². The van der Waals surface area contributed by atoms with E-state index in [1.807, 2.05) is 30.9 Å². The molecule has 96 valence electrons. The van der Waals surface area contributed by atoms with E-state index in [-0.39, 0.29) is 10.6 Å². The van der Waals surface area contributed by atoms with E-state index in [0.29, 0.717) is 18.0 Å². The van der Waals surface area contributed by atoms with Gasteiger partial charge in [-0.25, -0.2) is 0 Å². The number of benzene rings is 1. The predicted octanol–water partition coefficient (Wildman–Crippen LogP) is 2.85. The van der Waals surface area contributed by atoms with Gasteiger partial charge in [-0.2, -0.15) is 0 Å². The van der Waals surface area contributed by atoms with Gasteiger partial charge >= 0.3 is 0 Å². The molecule has 1 aromatic carbocycles. The Morgan fingerprint density at radius 2 is 2.11 bits per heavy atom. The second kappa shape index (κ2) is 5.08. The first-order valence-corrected chi connectivity index (χ1v) is 6.04. The lowest BCUT2D eigenvalue weighted by Gasteiger charge is -2.23. The van der Waals surface area contributed by atoms with Gasteiger partial charge in [0, 0.05) is 30.8 Å². The van der Waals surface area contributed by atoms with Gasteiger partial charge in [0.1, 0.15) is 18.0 Å². The fraction of sp³-hybridized carbons (Fsp3) is 0.385. The first-order chi connectivity index (χ1) is 8.67. The molecular formula is C13H16N2O3. The summed E-state index contributed by atoms with van der Waals surface area (Å²) in [6.45, 7) is 5.93. The van der Waals surface area contributed by atoms with Crippen molar-refractivity contribution in [3.8, 4) is 5.75 Å². The van der Waals surface area contributed by atoms with Gasteiger partial charge in [0.25, 0.3) is 5.69 Å². The normalized spacial score (nSPS) is 12.8. The van der Waals surface area contributed by atoms with E-state index in [9.17, 15) is 10.1 Å². The summed E-state index contributed by atoms with van der Waals surface area (Å²) < 4.78 is 5.50. The van der Waals surface area contributed by atoms with Crippen LogP contribution in [0.3, 0.4) is 0 Å². The number of hydrogen-bond acceptors (Lipinski definition) is 4. The highest BCUT2D eigenvalue weighted by atomic mass is 16.6. The summed E-state index contributed by atoms with van der Waals surface area (Å²) in [5.41, 5.74) is 1.52. The van der Waals surface area contributed by atoms with Crippen LogP contribution in [-0.4, -0.2) is 24.6 Å². The minimum Gasteiger partial charge on any atom is -0.489 e. The molecule has 1 heterocycles. The zero-order valence-corrected chi connectivity index (χ0v) is 10.5. The highest BCUT2D eigenvalue weighted by Crippen LogP contribution is 2.37. The van der Waals surface area contributed by atoms with Gasteiger partial charge in [0.05, 0.1) is 4.92 Å². The number of ether oxygens (including phenoxy) is 1. The van der Waals surface area contributed by atoms with Crippen LogP contribution in [0.5, 0.6) is 5.75 Å². The van der Waals surface area contributed by atoms with Gasteiger partial charge in [-0.15, -0.1) is 0 Å². The van der Waals surface area contributed by atoms with E-state index in [4.69, 9.17) is 4.74 Å². The molecule has 0 aromatic heterocycles. The van der Waals surface area contributed by atoms with E-state index in [0.717, 1.165) is 18.7 Å². The number of nitro benzene ring substituents is 1. The van der Waals surface area contributed by atoms with Crippen LogP contribution in [0, 0.1) is 10.1 Å². The summed E-state index contributed by atoms with van der Waals surface area (Å²) in [5, 5.41) is 11.2. The van der Waals surface area contributed by atoms with E-state index >= 15 is 0 Å². The van der Waals surface area contributed by atoms with Crippen LogP contribution < -0.4 is 9.64 Å². The molecule has 0 amide bonds. The van der Waals surface area contributed by atoms with Crippen LogP contribution in [0.25, 0.3) is 6.08 Å². The van der Waals surface area contributed by atoms with Crippen LogP contribution in [0.15, 0.2) is 18.2 Å². The molecule has 5 nitrogen and oxygen atoms in total. The van der Waals surface area contributed by atoms with Crippen molar-refractivity contribution in [2.24, 2.45) is 0 Å². The van der Waals surface area contributed by atoms with E-state index in [2.05, 4.69) is 0 Å². The fourth-order valence-electron chi connectivity index (χ4n) is 2.11. The molecule has 0 atom stereocenters. The Morgan fingerprint density at radius 1 is 1.39 bits per heavy atom. The molecule has 1 aliphatic heterocycles. The maximum absolute atomic E-state index is 11.2. The molecule has 0 N–H and O–H groups in total. The van der Waals surface area contributed by atoms with Crippen molar-refractivity contribution in [2.75, 3.05) is 24.6 Å². The smallest absolute Gasteiger partial charge is 0.293 e. The first-order valence-electron chi connectivity index (χ1n) is 6.04. The summed E-state index contributed by atoms with van der Waals surface area (Å²) in [5.74, 6) is 0.713. The average Bonchev–Trinajstić information content (AvgIpc) is 2.39. The largest absolute Gasteiger partial charge is 0.489 e. The molecule has 0 radical (unpaired) electrons. The van der Waals surface area contributed by atoms with Crippen LogP contribution in [0.2, 0.25) is 0 Å². The van der Waals surface area contributed by atoms with E-state index in [1.165, 1.54) is 0 Å². The molecule has 18 heavy (non-hydrogen) atoms. The van der Waals surface area contributed by atoms with Crippen molar-refractivity contribution in [1.82, 2.24) is 0 Å². The Balaban J connectivity index is 2.56. The Bertz CT molecular complexity index is 493. The summed E-state index contributed by atoms with van der Waals surface area (Å²) in [7, 11) is 0. The van der Waals surface area contributed by atoms with Crippen LogP contribution in [0.1, 0.15) is 19.4 Å². The SMILES string of the molecule is CCN(CC)c1cc2c(cc1[N+](=O)[O-])C=CCO2. The molecule has 1 aliphatic rings. The quantitative estimate of drug-likeness (QED) is 0.607. The minimum atomic E-state index is -0.337. The number of hydrogen-bond donors (Lipinski definition) is 0. The first kappa shape index (κ1) is 12.4. The molecule has 0 bridgehead atoms. The highest BCUT2D eigenvalue weighted by Gasteiger charge is 2.22. The van der Waals surface area contributed by atoms with E-state index in [1.54, 1.807) is 12.1 Å². The lowest BCUT2D eigenvalue weighted by molar-refractivity contribution is -0.384. The number of rotatable bonds is 4. The van der Waals surface area contributed by atoms with Gasteiger partial charge in [-0.05, 0) is 19.9 Å². The maximum Gasteiger partial charge on any atom is 0.293 e. The fourth-order valence-corrected chi connectivity index (χ4v) is 2.11. The molecule has 1 aromatic rings. The molecule has 0 spiro atoms. The second-order valence-corrected chi connectivity index (χ2v) is 4.02. The molecule has 0 saturated carbocycles. The van der Waals surface area contributed by atoms with Crippen molar-refractivity contribution in [1.29, 1.82) is 0 Å². The summed E-state index contributed by atoms with van der Waals surface area (Å²) in [4.78, 5) is 12.8. The second-order valence-electron chi connectivity index (χ2n) is 4.02. The Kier molecular flexibility index (Phi) is 3.50. The average molecular weight is 248 g/mol. The molecule has 0 fully saturated rings. The standard InChI is InChI=1S/C13H16N2O3/c1-3-14(4-2)11-9-13-10(6-5-7-18-13)8-12(11)15(16)17/h5-6,8-9H,3-4,7H2,1-2H3. The molecule has 5 heteroatoms. The molecule has 2 rings (SSSR count).